The van der Waals surface area contributed by atoms with Gasteiger partial charge in [0.05, 0.1) is 6.61 Å². The van der Waals surface area contributed by atoms with E-state index in [-0.39, 0.29) is 13.2 Å². The summed E-state index contributed by atoms with van der Waals surface area (Å²) in [6.45, 7) is -0.190. The molecule has 0 aliphatic carbocycles. The summed E-state index contributed by atoms with van der Waals surface area (Å²) in [5.74, 6) is 2.09. The summed E-state index contributed by atoms with van der Waals surface area (Å²) in [6, 6.07) is 6.65. The summed E-state index contributed by atoms with van der Waals surface area (Å²) in [7, 11) is -3.48. The molecule has 7 heteroatoms. The molecule has 0 heterocycles. The van der Waals surface area contributed by atoms with Crippen LogP contribution >= 0.6 is 0 Å². The Labute approximate surface area is 117 Å². The molecule has 1 aromatic carbocycles. The van der Waals surface area contributed by atoms with Crippen LogP contribution in [-0.2, 0) is 16.6 Å². The van der Waals surface area contributed by atoms with Crippen molar-refractivity contribution in [3.63, 3.8) is 0 Å². The predicted molar refractivity (Wildman–Crippen MR) is 71.4 cm³/mol. The lowest BCUT2D eigenvalue weighted by atomic mass is 10.1. The molecule has 0 fully saturated rings. The highest BCUT2D eigenvalue weighted by Gasteiger charge is 2.29. The highest BCUT2D eigenvalue weighted by atomic mass is 32.2. The number of rotatable bonds is 5. The second-order valence-corrected chi connectivity index (χ2v) is 6.05. The van der Waals surface area contributed by atoms with Gasteiger partial charge in [-0.25, -0.2) is 8.42 Å². The van der Waals surface area contributed by atoms with Gasteiger partial charge in [-0.1, -0.05) is 24.0 Å². The quantitative estimate of drug-likeness (QED) is 0.837. The van der Waals surface area contributed by atoms with E-state index in [4.69, 9.17) is 5.11 Å². The van der Waals surface area contributed by atoms with Crippen LogP contribution in [0.25, 0.3) is 0 Å². The first-order valence-corrected chi connectivity index (χ1v) is 7.30. The van der Waals surface area contributed by atoms with Gasteiger partial charge in [-0.05, 0) is 17.7 Å². The molecule has 1 N–H and O–H groups in total. The lowest BCUT2D eigenvalue weighted by molar-refractivity contribution is 0.222. The molecule has 0 amide bonds. The van der Waals surface area contributed by atoms with Gasteiger partial charge in [0.2, 0.25) is 0 Å². The minimum atomic E-state index is -4.58. The average molecular weight is 303 g/mol. The van der Waals surface area contributed by atoms with Crippen molar-refractivity contribution in [2.24, 2.45) is 0 Å². The van der Waals surface area contributed by atoms with Gasteiger partial charge >= 0.3 is 5.76 Å². The van der Waals surface area contributed by atoms with Crippen molar-refractivity contribution < 1.29 is 22.3 Å². The Morgan fingerprint density at radius 1 is 1.40 bits per heavy atom. The van der Waals surface area contributed by atoms with E-state index in [9.17, 15) is 17.2 Å². The van der Waals surface area contributed by atoms with E-state index in [1.165, 1.54) is 0 Å². The van der Waals surface area contributed by atoms with Crippen molar-refractivity contribution in [3.05, 3.63) is 35.4 Å². The van der Waals surface area contributed by atoms with Crippen LogP contribution in [0.5, 0.6) is 0 Å². The monoisotopic (exact) mass is 303 g/mol. The fourth-order valence-corrected chi connectivity index (χ4v) is 2.05. The molecule has 0 atom stereocenters. The Morgan fingerprint density at radius 2 is 2.10 bits per heavy atom. The van der Waals surface area contributed by atoms with Gasteiger partial charge < -0.3 is 5.11 Å². The number of benzene rings is 1. The average Bonchev–Trinajstić information content (AvgIpc) is 2.39. The normalized spacial score (nSPS) is 11.5. The van der Waals surface area contributed by atoms with E-state index >= 15 is 0 Å². The van der Waals surface area contributed by atoms with Crippen molar-refractivity contribution in [1.29, 1.82) is 0 Å². The third kappa shape index (κ3) is 4.56. The number of aliphatic hydroxyl groups is 1. The Morgan fingerprint density at radius 3 is 2.70 bits per heavy atom. The van der Waals surface area contributed by atoms with Gasteiger partial charge in [0.1, 0.15) is 0 Å². The lowest BCUT2D eigenvalue weighted by Gasteiger charge is -2.16. The predicted octanol–water partition coefficient (Wildman–Crippen LogP) is 1.40. The molecule has 0 aliphatic heterocycles. The van der Waals surface area contributed by atoms with Crippen LogP contribution in [0.15, 0.2) is 24.3 Å². The van der Waals surface area contributed by atoms with Crippen LogP contribution in [0.3, 0.4) is 0 Å². The molecule has 0 bridgehead atoms. The maximum atomic E-state index is 12.4. The zero-order chi connectivity index (χ0) is 15.2. The fourth-order valence-electron chi connectivity index (χ4n) is 1.45. The van der Waals surface area contributed by atoms with E-state index in [2.05, 4.69) is 11.8 Å². The first-order chi connectivity index (χ1) is 9.37. The molecular weight excluding hydrogens is 288 g/mol. The molecule has 0 aliphatic rings. The fraction of sp³-hybridized carbons (Fsp3) is 0.385. The second kappa shape index (κ2) is 7.33. The van der Waals surface area contributed by atoms with Crippen LogP contribution in [-0.4, -0.2) is 37.2 Å². The Hall–Kier alpha value is -1.49. The third-order valence-electron chi connectivity index (χ3n) is 2.46. The van der Waals surface area contributed by atoms with Crippen molar-refractivity contribution >= 4 is 10.0 Å². The summed E-state index contributed by atoms with van der Waals surface area (Å²) in [4.78, 5) is 0. The van der Waals surface area contributed by atoms with Gasteiger partial charge in [0.15, 0.2) is 0 Å². The third-order valence-corrected chi connectivity index (χ3v) is 3.91. The van der Waals surface area contributed by atoms with E-state index in [0.717, 1.165) is 7.05 Å². The second-order valence-electron chi connectivity index (χ2n) is 4.04. The van der Waals surface area contributed by atoms with Crippen LogP contribution in [0, 0.1) is 11.8 Å². The molecule has 1 rings (SSSR count). The molecule has 0 radical (unpaired) electrons. The van der Waals surface area contributed by atoms with Crippen molar-refractivity contribution in [1.82, 2.24) is 4.31 Å². The van der Waals surface area contributed by atoms with Crippen molar-refractivity contribution in [2.75, 3.05) is 13.7 Å². The minimum Gasteiger partial charge on any atom is -0.395 e. The van der Waals surface area contributed by atoms with Crippen LogP contribution in [0.1, 0.15) is 17.5 Å². The summed E-state index contributed by atoms with van der Waals surface area (Å²) < 4.78 is 47.9. The van der Waals surface area contributed by atoms with Crippen LogP contribution in [0.4, 0.5) is 8.78 Å². The molecule has 0 unspecified atom stereocenters. The maximum Gasteiger partial charge on any atom is 0.350 e. The molecule has 0 aromatic heterocycles. The Kier molecular flexibility index (Phi) is 6.07. The van der Waals surface area contributed by atoms with Gasteiger partial charge in [-0.3, -0.25) is 0 Å². The Balaban J connectivity index is 2.85. The zero-order valence-electron chi connectivity index (χ0n) is 10.9. The molecule has 0 saturated heterocycles. The lowest BCUT2D eigenvalue weighted by Crippen LogP contribution is -2.31. The molecule has 0 spiro atoms. The first kappa shape index (κ1) is 16.6. The molecule has 0 saturated carbocycles. The van der Waals surface area contributed by atoms with E-state index in [1.807, 2.05) is 0 Å². The van der Waals surface area contributed by atoms with Crippen LogP contribution in [0.2, 0.25) is 0 Å². The molecule has 1 aromatic rings. The minimum absolute atomic E-state index is 0.0396. The maximum absolute atomic E-state index is 12.4. The molecule has 4 nitrogen and oxygen atoms in total. The SMILES string of the molecule is CN(Cc1cccc(C#CCCO)c1)S(=O)(=O)C(F)F. The largest absolute Gasteiger partial charge is 0.395 e. The van der Waals surface area contributed by atoms with Crippen LogP contribution < -0.4 is 0 Å². The van der Waals surface area contributed by atoms with E-state index in [1.54, 1.807) is 24.3 Å². The first-order valence-electron chi connectivity index (χ1n) is 5.80. The molecule has 110 valence electrons. The zero-order valence-corrected chi connectivity index (χ0v) is 11.7. The smallest absolute Gasteiger partial charge is 0.350 e. The summed E-state index contributed by atoms with van der Waals surface area (Å²) in [6.07, 6.45) is 0.337. The number of hydrogen-bond donors (Lipinski definition) is 1. The number of alkyl halides is 2. The van der Waals surface area contributed by atoms with Crippen molar-refractivity contribution in [2.45, 2.75) is 18.7 Å². The highest BCUT2D eigenvalue weighted by molar-refractivity contribution is 7.89. The number of aliphatic hydroxyl groups excluding tert-OH is 1. The standard InChI is InChI=1S/C13H15F2NO3S/c1-16(20(18,19)13(14)15)10-12-7-4-6-11(9-12)5-2-3-8-17/h4,6-7,9,13,17H,3,8,10H2,1H3. The van der Waals surface area contributed by atoms with Gasteiger partial charge in [-0.2, -0.15) is 13.1 Å². The number of nitrogens with zero attached hydrogens (tertiary/aromatic N) is 1. The molecular formula is C13H15F2NO3S. The van der Waals surface area contributed by atoms with Gasteiger partial charge in [0.25, 0.3) is 10.0 Å². The summed E-state index contributed by atoms with van der Waals surface area (Å²) in [5.41, 5.74) is 1.20. The Bertz CT molecular complexity index is 606. The van der Waals surface area contributed by atoms with E-state index < -0.39 is 15.8 Å². The number of hydrogen-bond acceptors (Lipinski definition) is 3. The number of sulfonamides is 1. The summed E-state index contributed by atoms with van der Waals surface area (Å²) >= 11 is 0. The van der Waals surface area contributed by atoms with Gasteiger partial charge in [0, 0.05) is 25.6 Å². The topological polar surface area (TPSA) is 57.6 Å². The van der Waals surface area contributed by atoms with E-state index in [0.29, 0.717) is 21.9 Å². The van der Waals surface area contributed by atoms with Gasteiger partial charge in [-0.15, -0.1) is 0 Å². The molecule has 20 heavy (non-hydrogen) atoms. The summed E-state index contributed by atoms with van der Waals surface area (Å²) in [5, 5.41) is 8.61. The number of halogens is 2. The van der Waals surface area contributed by atoms with Crippen molar-refractivity contribution in [3.8, 4) is 11.8 Å². The highest BCUT2D eigenvalue weighted by Crippen LogP contribution is 2.14.